The average molecular weight is 304 g/mol. The molecule has 20 heavy (non-hydrogen) atoms. The number of aromatic nitrogens is 1. The third-order valence-electron chi connectivity index (χ3n) is 3.39. The van der Waals surface area contributed by atoms with Crippen molar-refractivity contribution in [2.24, 2.45) is 0 Å². The number of pyridine rings is 1. The second-order valence-electron chi connectivity index (χ2n) is 4.55. The molecule has 0 aliphatic rings. The molecule has 0 bridgehead atoms. The molecular formula is C15H7Cl2NO2. The molecule has 0 aliphatic carbocycles. The maximum absolute atomic E-state index is 12.6. The molecule has 2 aromatic heterocycles. The van der Waals surface area contributed by atoms with Crippen LogP contribution in [-0.4, -0.2) is 0 Å². The van der Waals surface area contributed by atoms with Gasteiger partial charge in [0.05, 0.1) is 10.8 Å². The van der Waals surface area contributed by atoms with E-state index >= 15 is 0 Å². The number of rotatable bonds is 0. The van der Waals surface area contributed by atoms with Crippen LogP contribution in [-0.2, 0) is 0 Å². The van der Waals surface area contributed by atoms with Gasteiger partial charge >= 0.3 is 0 Å². The summed E-state index contributed by atoms with van der Waals surface area (Å²) in [6.07, 6.45) is 0. The topological polar surface area (TPSA) is 40.1 Å². The first-order chi connectivity index (χ1) is 9.66. The molecule has 4 aromatic rings. The second-order valence-corrected chi connectivity index (χ2v) is 5.36. The van der Waals surface area contributed by atoms with Crippen LogP contribution < -0.4 is 4.73 Å². The highest BCUT2D eigenvalue weighted by molar-refractivity contribution is 6.40. The highest BCUT2D eigenvalue weighted by Crippen LogP contribution is 2.35. The van der Waals surface area contributed by atoms with Gasteiger partial charge in [-0.1, -0.05) is 35.3 Å². The highest BCUT2D eigenvalue weighted by atomic mass is 35.5. The van der Waals surface area contributed by atoms with Crippen LogP contribution in [0.2, 0.25) is 10.0 Å². The summed E-state index contributed by atoms with van der Waals surface area (Å²) in [7, 11) is 0. The van der Waals surface area contributed by atoms with E-state index in [4.69, 9.17) is 27.6 Å². The first kappa shape index (κ1) is 11.8. The van der Waals surface area contributed by atoms with Crippen LogP contribution >= 0.6 is 23.2 Å². The van der Waals surface area contributed by atoms with Crippen molar-refractivity contribution in [1.82, 2.24) is 0 Å². The van der Waals surface area contributed by atoms with Crippen LogP contribution in [0.25, 0.3) is 33.0 Å². The molecule has 3 nitrogen and oxygen atoms in total. The van der Waals surface area contributed by atoms with E-state index in [9.17, 15) is 5.21 Å². The Morgan fingerprint density at radius 2 is 1.80 bits per heavy atom. The fourth-order valence-electron chi connectivity index (χ4n) is 2.49. The van der Waals surface area contributed by atoms with Crippen LogP contribution in [0.5, 0.6) is 0 Å². The Balaban J connectivity index is 2.36. The summed E-state index contributed by atoms with van der Waals surface area (Å²) in [4.78, 5) is 0. The maximum atomic E-state index is 12.6. The molecule has 4 rings (SSSR count). The van der Waals surface area contributed by atoms with Crippen LogP contribution in [0.3, 0.4) is 0 Å². The molecule has 2 heterocycles. The normalized spacial score (nSPS) is 11.7. The Morgan fingerprint density at radius 1 is 1.00 bits per heavy atom. The lowest BCUT2D eigenvalue weighted by Crippen LogP contribution is -2.27. The average Bonchev–Trinajstić information content (AvgIpc) is 2.84. The van der Waals surface area contributed by atoms with Gasteiger partial charge in [-0.3, -0.25) is 0 Å². The van der Waals surface area contributed by atoms with Gasteiger partial charge in [0.15, 0.2) is 0 Å². The molecule has 0 unspecified atom stereocenters. The highest BCUT2D eigenvalue weighted by Gasteiger charge is 2.22. The fraction of sp³-hybridized carbons (Fsp3) is 0. The summed E-state index contributed by atoms with van der Waals surface area (Å²) in [5.74, 6) is 0. The zero-order valence-corrected chi connectivity index (χ0v) is 11.6. The quantitative estimate of drug-likeness (QED) is 0.349. The first-order valence-corrected chi connectivity index (χ1v) is 6.74. The van der Waals surface area contributed by atoms with Crippen LogP contribution in [0.15, 0.2) is 46.9 Å². The third-order valence-corrected chi connectivity index (χ3v) is 4.00. The van der Waals surface area contributed by atoms with Crippen LogP contribution in [0.1, 0.15) is 0 Å². The van der Waals surface area contributed by atoms with Gasteiger partial charge in [0.2, 0.25) is 11.1 Å². The van der Waals surface area contributed by atoms with E-state index in [1.807, 2.05) is 24.3 Å². The fourth-order valence-corrected chi connectivity index (χ4v) is 2.94. The zero-order chi connectivity index (χ0) is 13.9. The predicted molar refractivity (Wildman–Crippen MR) is 80.2 cm³/mol. The van der Waals surface area contributed by atoms with Gasteiger partial charge in [0, 0.05) is 11.1 Å². The smallest absolute Gasteiger partial charge is 0.272 e. The SMILES string of the molecule is [O-][n+]1c2ccc(Cl)cc2c(Cl)c2oc3ccccc3c21. The van der Waals surface area contributed by atoms with E-state index in [1.165, 1.54) is 0 Å². The van der Waals surface area contributed by atoms with Gasteiger partial charge < -0.3 is 9.62 Å². The van der Waals surface area contributed by atoms with Gasteiger partial charge in [-0.05, 0) is 24.3 Å². The second kappa shape index (κ2) is 4.01. The number of halogens is 2. The summed E-state index contributed by atoms with van der Waals surface area (Å²) in [6, 6.07) is 12.4. The van der Waals surface area contributed by atoms with Crippen molar-refractivity contribution in [3.8, 4) is 0 Å². The number of hydrogen-bond donors (Lipinski definition) is 0. The summed E-state index contributed by atoms with van der Waals surface area (Å²) in [6.45, 7) is 0. The first-order valence-electron chi connectivity index (χ1n) is 5.98. The van der Waals surface area contributed by atoms with Crippen LogP contribution in [0, 0.1) is 5.21 Å². The lowest BCUT2D eigenvalue weighted by molar-refractivity contribution is -0.547. The Hall–Kier alpha value is -1.97. The Morgan fingerprint density at radius 3 is 2.65 bits per heavy atom. The zero-order valence-electron chi connectivity index (χ0n) is 10.1. The van der Waals surface area contributed by atoms with E-state index in [1.54, 1.807) is 18.2 Å². The van der Waals surface area contributed by atoms with Crippen molar-refractivity contribution in [1.29, 1.82) is 0 Å². The Labute approximate surface area is 123 Å². The van der Waals surface area contributed by atoms with E-state index in [2.05, 4.69) is 0 Å². The Bertz CT molecular complexity index is 992. The minimum absolute atomic E-state index is 0.387. The molecule has 0 atom stereocenters. The van der Waals surface area contributed by atoms with E-state index < -0.39 is 0 Å². The van der Waals surface area contributed by atoms with Crippen molar-refractivity contribution in [3.63, 3.8) is 0 Å². The van der Waals surface area contributed by atoms with Crippen molar-refractivity contribution >= 4 is 56.2 Å². The van der Waals surface area contributed by atoms with Gasteiger partial charge in [0.1, 0.15) is 10.6 Å². The number of benzene rings is 2. The standard InChI is InChI=1S/C15H7Cl2NO2/c16-8-5-6-11-10(7-8)13(17)15-14(18(11)19)9-3-1-2-4-12(9)20-15/h1-7H. The number of fused-ring (bicyclic) bond motifs is 4. The molecule has 0 aliphatic heterocycles. The number of furan rings is 1. The van der Waals surface area contributed by atoms with Crippen molar-refractivity contribution in [2.45, 2.75) is 0 Å². The third kappa shape index (κ3) is 1.45. The summed E-state index contributed by atoms with van der Waals surface area (Å²) >= 11 is 12.4. The molecule has 0 N–H and O–H groups in total. The number of para-hydroxylation sites is 1. The molecule has 0 amide bonds. The van der Waals surface area contributed by atoms with E-state index in [-0.39, 0.29) is 0 Å². The van der Waals surface area contributed by atoms with Gasteiger partial charge in [-0.15, -0.1) is 0 Å². The van der Waals surface area contributed by atoms with E-state index in [0.717, 1.165) is 10.1 Å². The Kier molecular flexibility index (Phi) is 2.37. The largest absolute Gasteiger partial charge is 0.618 e. The summed E-state index contributed by atoms with van der Waals surface area (Å²) in [5.41, 5.74) is 1.94. The summed E-state index contributed by atoms with van der Waals surface area (Å²) in [5, 5.41) is 14.8. The van der Waals surface area contributed by atoms with Gasteiger partial charge in [-0.2, -0.15) is 4.73 Å². The lowest BCUT2D eigenvalue weighted by Gasteiger charge is -2.05. The molecule has 5 heteroatoms. The lowest BCUT2D eigenvalue weighted by atomic mass is 10.1. The monoisotopic (exact) mass is 303 g/mol. The van der Waals surface area contributed by atoms with Gasteiger partial charge in [-0.25, -0.2) is 0 Å². The van der Waals surface area contributed by atoms with Crippen molar-refractivity contribution < 1.29 is 9.15 Å². The molecule has 0 radical (unpaired) electrons. The molecular weight excluding hydrogens is 297 g/mol. The minimum atomic E-state index is 0.387. The maximum Gasteiger partial charge on any atom is 0.272 e. The van der Waals surface area contributed by atoms with Gasteiger partial charge in [0.25, 0.3) is 5.52 Å². The van der Waals surface area contributed by atoms with Crippen molar-refractivity contribution in [3.05, 3.63) is 57.7 Å². The van der Waals surface area contributed by atoms with Crippen LogP contribution in [0.4, 0.5) is 0 Å². The minimum Gasteiger partial charge on any atom is -0.618 e. The predicted octanol–water partition coefficient (Wildman–Crippen LogP) is 4.68. The molecule has 98 valence electrons. The molecule has 2 aromatic carbocycles. The number of nitrogens with zero attached hydrogens (tertiary/aromatic N) is 1. The van der Waals surface area contributed by atoms with Crippen molar-refractivity contribution in [2.75, 3.05) is 0 Å². The molecule has 0 fully saturated rings. The number of hydrogen-bond acceptors (Lipinski definition) is 2. The molecule has 0 spiro atoms. The molecule has 0 saturated heterocycles. The molecule has 0 saturated carbocycles. The summed E-state index contributed by atoms with van der Waals surface area (Å²) < 4.78 is 6.56. The van der Waals surface area contributed by atoms with E-state index in [0.29, 0.717) is 37.6 Å².